The van der Waals surface area contributed by atoms with Gasteiger partial charge in [-0.25, -0.2) is 0 Å². The van der Waals surface area contributed by atoms with E-state index < -0.39 is 0 Å². The summed E-state index contributed by atoms with van der Waals surface area (Å²) in [6, 6.07) is 15.5. The largest absolute Gasteiger partial charge is 0.378 e. The van der Waals surface area contributed by atoms with E-state index in [0.717, 1.165) is 22.5 Å². The van der Waals surface area contributed by atoms with Gasteiger partial charge in [-0.15, -0.1) is 0 Å². The van der Waals surface area contributed by atoms with Gasteiger partial charge in [0.05, 0.1) is 0 Å². The highest BCUT2D eigenvalue weighted by Crippen LogP contribution is 2.14. The molecule has 0 aliphatic rings. The maximum absolute atomic E-state index is 12.3. The van der Waals surface area contributed by atoms with Gasteiger partial charge in [0, 0.05) is 52.1 Å². The Bertz CT molecular complexity index is 778. The van der Waals surface area contributed by atoms with E-state index in [4.69, 9.17) is 0 Å². The zero-order valence-corrected chi connectivity index (χ0v) is 15.7. The van der Waals surface area contributed by atoms with E-state index in [2.05, 4.69) is 5.32 Å². The second kappa shape index (κ2) is 8.85. The Morgan fingerprint density at radius 3 is 2.12 bits per heavy atom. The lowest BCUT2D eigenvalue weighted by molar-refractivity contribution is -0.125. The van der Waals surface area contributed by atoms with Crippen molar-refractivity contribution in [3.63, 3.8) is 0 Å². The van der Waals surface area contributed by atoms with Crippen LogP contribution in [0, 0.1) is 0 Å². The number of hydrogen-bond donors (Lipinski definition) is 1. The summed E-state index contributed by atoms with van der Waals surface area (Å²) in [6.45, 7) is 2.02. The van der Waals surface area contributed by atoms with Crippen LogP contribution in [-0.4, -0.2) is 37.9 Å². The van der Waals surface area contributed by atoms with Crippen molar-refractivity contribution in [1.29, 1.82) is 0 Å². The van der Waals surface area contributed by atoms with Crippen LogP contribution in [0.1, 0.15) is 18.1 Å². The quantitative estimate of drug-likeness (QED) is 0.812. The Kier molecular flexibility index (Phi) is 6.55. The highest BCUT2D eigenvalue weighted by molar-refractivity contribution is 5.92. The van der Waals surface area contributed by atoms with Gasteiger partial charge >= 0.3 is 0 Å². The number of carbonyl (C=O) groups excluding carboxylic acids is 2. The van der Waals surface area contributed by atoms with Crippen LogP contribution in [0.25, 0.3) is 6.08 Å². The number of anilines is 2. The highest BCUT2D eigenvalue weighted by Gasteiger charge is 2.06. The third-order valence-electron chi connectivity index (χ3n) is 3.90. The number of nitrogens with zero attached hydrogens (tertiary/aromatic N) is 2. The fraction of sp³-hybridized carbons (Fsp3) is 0.238. The molecular weight excluding hydrogens is 326 g/mol. The van der Waals surface area contributed by atoms with Crippen LogP contribution in [0.4, 0.5) is 11.4 Å². The summed E-state index contributed by atoms with van der Waals surface area (Å²) in [4.78, 5) is 27.0. The lowest BCUT2D eigenvalue weighted by Gasteiger charge is -2.17. The molecule has 26 heavy (non-hydrogen) atoms. The molecule has 0 heterocycles. The number of nitrogens with one attached hydrogen (secondary N) is 1. The first-order valence-corrected chi connectivity index (χ1v) is 8.42. The zero-order chi connectivity index (χ0) is 19.1. The second-order valence-corrected chi connectivity index (χ2v) is 6.39. The fourth-order valence-electron chi connectivity index (χ4n) is 2.43. The average molecular weight is 351 g/mol. The molecule has 0 atom stereocenters. The molecule has 1 N–H and O–H groups in total. The van der Waals surface area contributed by atoms with Gasteiger partial charge in [-0.2, -0.15) is 0 Å². The normalized spacial score (nSPS) is 10.6. The predicted molar refractivity (Wildman–Crippen MR) is 107 cm³/mol. The van der Waals surface area contributed by atoms with E-state index in [0.29, 0.717) is 6.54 Å². The number of hydrogen-bond acceptors (Lipinski definition) is 3. The monoisotopic (exact) mass is 351 g/mol. The van der Waals surface area contributed by atoms with Gasteiger partial charge in [-0.05, 0) is 41.5 Å². The molecule has 0 unspecified atom stereocenters. The van der Waals surface area contributed by atoms with Crippen LogP contribution in [0.15, 0.2) is 54.6 Å². The number of likely N-dealkylation sites (N-methyl/N-ethyl adjacent to an activating group) is 1. The predicted octanol–water partition coefficient (Wildman–Crippen LogP) is 3.38. The summed E-state index contributed by atoms with van der Waals surface area (Å²) in [5.74, 6) is -0.170. The average Bonchev–Trinajstić information content (AvgIpc) is 2.60. The van der Waals surface area contributed by atoms with Crippen molar-refractivity contribution in [3.8, 4) is 0 Å². The van der Waals surface area contributed by atoms with E-state index in [1.165, 1.54) is 6.92 Å². The third-order valence-corrected chi connectivity index (χ3v) is 3.90. The Morgan fingerprint density at radius 1 is 0.962 bits per heavy atom. The third kappa shape index (κ3) is 5.77. The van der Waals surface area contributed by atoms with E-state index in [1.54, 1.807) is 24.1 Å². The first kappa shape index (κ1) is 19.2. The Morgan fingerprint density at radius 2 is 1.58 bits per heavy atom. The first-order valence-electron chi connectivity index (χ1n) is 8.42. The molecule has 0 aromatic heterocycles. The van der Waals surface area contributed by atoms with Crippen LogP contribution in [0.2, 0.25) is 0 Å². The molecule has 2 amide bonds. The molecule has 2 aromatic carbocycles. The second-order valence-electron chi connectivity index (χ2n) is 6.39. The fourth-order valence-corrected chi connectivity index (χ4v) is 2.43. The summed E-state index contributed by atoms with van der Waals surface area (Å²) in [5, 5.41) is 2.71. The minimum absolute atomic E-state index is 0.0624. The lowest BCUT2D eigenvalue weighted by atomic mass is 10.1. The van der Waals surface area contributed by atoms with Crippen LogP contribution in [-0.2, 0) is 16.1 Å². The minimum atomic E-state index is -0.108. The molecule has 5 nitrogen and oxygen atoms in total. The van der Waals surface area contributed by atoms with Crippen molar-refractivity contribution >= 4 is 29.3 Å². The molecule has 0 fully saturated rings. The van der Waals surface area contributed by atoms with Gasteiger partial charge in [0.15, 0.2) is 0 Å². The molecule has 2 aromatic rings. The van der Waals surface area contributed by atoms with Crippen LogP contribution < -0.4 is 10.2 Å². The van der Waals surface area contributed by atoms with E-state index in [9.17, 15) is 9.59 Å². The maximum Gasteiger partial charge on any atom is 0.246 e. The topological polar surface area (TPSA) is 52.7 Å². The Balaban J connectivity index is 1.93. The molecule has 0 spiro atoms. The van der Waals surface area contributed by atoms with Crippen LogP contribution >= 0.6 is 0 Å². The van der Waals surface area contributed by atoms with Crippen molar-refractivity contribution in [3.05, 3.63) is 65.7 Å². The first-order chi connectivity index (χ1) is 12.3. The Hall–Kier alpha value is -3.08. The van der Waals surface area contributed by atoms with Crippen molar-refractivity contribution in [2.45, 2.75) is 13.5 Å². The summed E-state index contributed by atoms with van der Waals surface area (Å²) >= 11 is 0. The van der Waals surface area contributed by atoms with E-state index in [-0.39, 0.29) is 11.8 Å². The molecule has 0 radical (unpaired) electrons. The number of carbonyl (C=O) groups is 2. The van der Waals surface area contributed by atoms with Gasteiger partial charge < -0.3 is 15.1 Å². The number of amides is 2. The number of benzene rings is 2. The summed E-state index contributed by atoms with van der Waals surface area (Å²) < 4.78 is 0. The summed E-state index contributed by atoms with van der Waals surface area (Å²) in [7, 11) is 5.78. The van der Waals surface area contributed by atoms with Crippen molar-refractivity contribution in [1.82, 2.24) is 4.90 Å². The Labute approximate surface area is 154 Å². The lowest BCUT2D eigenvalue weighted by Crippen LogP contribution is -2.24. The van der Waals surface area contributed by atoms with Gasteiger partial charge in [0.1, 0.15) is 0 Å². The van der Waals surface area contributed by atoms with Crippen molar-refractivity contribution in [2.24, 2.45) is 0 Å². The standard InChI is InChI=1S/C21H25N3O2/c1-16(25)22-19-10-5-17(6-11-19)9-14-21(26)24(4)15-18-7-12-20(13-8-18)23(2)3/h5-14H,15H2,1-4H3,(H,22,25)/b14-9+. The molecule has 0 saturated heterocycles. The molecule has 136 valence electrons. The smallest absolute Gasteiger partial charge is 0.246 e. The number of rotatable bonds is 6. The van der Waals surface area contributed by atoms with Crippen LogP contribution in [0.3, 0.4) is 0 Å². The van der Waals surface area contributed by atoms with Crippen LogP contribution in [0.5, 0.6) is 0 Å². The maximum atomic E-state index is 12.3. The van der Waals surface area contributed by atoms with Crippen molar-refractivity contribution < 1.29 is 9.59 Å². The summed E-state index contributed by atoms with van der Waals surface area (Å²) in [6.07, 6.45) is 3.33. The van der Waals surface area contributed by atoms with Gasteiger partial charge in [-0.3, -0.25) is 9.59 Å². The summed E-state index contributed by atoms with van der Waals surface area (Å²) in [5.41, 5.74) is 3.85. The van der Waals surface area contributed by atoms with E-state index >= 15 is 0 Å². The zero-order valence-electron chi connectivity index (χ0n) is 15.7. The van der Waals surface area contributed by atoms with E-state index in [1.807, 2.05) is 67.5 Å². The van der Waals surface area contributed by atoms with Crippen molar-refractivity contribution in [2.75, 3.05) is 31.4 Å². The van der Waals surface area contributed by atoms with Gasteiger partial charge in [0.25, 0.3) is 0 Å². The van der Waals surface area contributed by atoms with Gasteiger partial charge in [-0.1, -0.05) is 24.3 Å². The molecule has 0 aliphatic carbocycles. The minimum Gasteiger partial charge on any atom is -0.378 e. The highest BCUT2D eigenvalue weighted by atomic mass is 16.2. The molecule has 0 bridgehead atoms. The molecule has 5 heteroatoms. The SMILES string of the molecule is CC(=O)Nc1ccc(/C=C/C(=O)N(C)Cc2ccc(N(C)C)cc2)cc1. The molecule has 0 saturated carbocycles. The molecule has 2 rings (SSSR count). The van der Waals surface area contributed by atoms with Gasteiger partial charge in [0.2, 0.25) is 11.8 Å². The molecular formula is C21H25N3O2. The molecule has 0 aliphatic heterocycles.